The van der Waals surface area contributed by atoms with Crippen LogP contribution in [0.4, 0.5) is 11.6 Å². The van der Waals surface area contributed by atoms with Crippen molar-refractivity contribution in [3.8, 4) is 28.6 Å². The summed E-state index contributed by atoms with van der Waals surface area (Å²) < 4.78 is 18.6. The van der Waals surface area contributed by atoms with Crippen LogP contribution in [0.1, 0.15) is 36.6 Å². The number of hydrogen-bond donors (Lipinski definition) is 2. The highest BCUT2D eigenvalue weighted by Crippen LogP contribution is 2.40. The van der Waals surface area contributed by atoms with Crippen LogP contribution >= 0.6 is 0 Å². The second-order valence-electron chi connectivity index (χ2n) is 9.57. The van der Waals surface area contributed by atoms with Crippen molar-refractivity contribution < 1.29 is 19.0 Å². The van der Waals surface area contributed by atoms with Crippen LogP contribution in [-0.2, 0) is 4.79 Å². The molecule has 0 saturated heterocycles. The first-order valence-corrected chi connectivity index (χ1v) is 13.1. The summed E-state index contributed by atoms with van der Waals surface area (Å²) in [7, 11) is 3.17. The van der Waals surface area contributed by atoms with E-state index in [0.717, 1.165) is 16.7 Å². The summed E-state index contributed by atoms with van der Waals surface area (Å²) in [5, 5.41) is 11.2. The van der Waals surface area contributed by atoms with Gasteiger partial charge in [0.05, 0.1) is 32.1 Å². The fraction of sp³-hybridized carbons (Fsp3) is 0.258. The number of aryl methyl sites for hydroxylation is 2. The Hall–Kier alpha value is -4.79. The Bertz CT molecular complexity index is 1610. The van der Waals surface area contributed by atoms with Crippen molar-refractivity contribution in [3.63, 3.8) is 0 Å². The van der Waals surface area contributed by atoms with E-state index in [1.165, 1.54) is 5.56 Å². The SMILES string of the molecule is CCOc1ccc(C2C(C(=O)Nc3ccccc3OC)=C(C)Nc3nc(-c4ccc(C)c(C)c4)nn32)cc1OC. The van der Waals surface area contributed by atoms with Gasteiger partial charge >= 0.3 is 0 Å². The van der Waals surface area contributed by atoms with Gasteiger partial charge in [0, 0.05) is 11.3 Å². The standard InChI is InChI=1S/C31H33N5O4/c1-7-40-25-15-14-21(17-26(25)39-6)28-27(30(37)33-23-10-8-9-11-24(23)38-5)20(4)32-31-34-29(35-36(28)31)22-13-12-18(2)19(3)16-22/h8-17,28H,7H2,1-6H3,(H,33,37)(H,32,34,35). The topological polar surface area (TPSA) is 99.5 Å². The molecular formula is C31H33N5O4. The van der Waals surface area contributed by atoms with E-state index < -0.39 is 6.04 Å². The molecule has 2 heterocycles. The van der Waals surface area contributed by atoms with Crippen LogP contribution < -0.4 is 24.8 Å². The number of benzene rings is 3. The third-order valence-corrected chi connectivity index (χ3v) is 7.02. The largest absolute Gasteiger partial charge is 0.495 e. The van der Waals surface area contributed by atoms with Crippen molar-refractivity contribution in [1.82, 2.24) is 14.8 Å². The minimum atomic E-state index is -0.594. The molecule has 0 radical (unpaired) electrons. The summed E-state index contributed by atoms with van der Waals surface area (Å²) in [6.07, 6.45) is 0. The van der Waals surface area contributed by atoms with Crippen molar-refractivity contribution in [2.45, 2.75) is 33.7 Å². The van der Waals surface area contributed by atoms with Gasteiger partial charge in [0.25, 0.3) is 5.91 Å². The van der Waals surface area contributed by atoms with Crippen molar-refractivity contribution in [1.29, 1.82) is 0 Å². The number of rotatable bonds is 8. The molecule has 0 spiro atoms. The molecule has 1 aliphatic heterocycles. The number of carbonyl (C=O) groups is 1. The summed E-state index contributed by atoms with van der Waals surface area (Å²) in [6, 6.07) is 18.5. The predicted octanol–water partition coefficient (Wildman–Crippen LogP) is 5.91. The number of ether oxygens (including phenoxy) is 3. The second kappa shape index (κ2) is 11.1. The number of aromatic nitrogens is 3. The number of methoxy groups -OCH3 is 2. The molecule has 0 aliphatic carbocycles. The lowest BCUT2D eigenvalue weighted by molar-refractivity contribution is -0.113. The molecule has 9 nitrogen and oxygen atoms in total. The van der Waals surface area contributed by atoms with E-state index in [2.05, 4.69) is 36.6 Å². The minimum absolute atomic E-state index is 0.291. The Morgan fingerprint density at radius 2 is 1.73 bits per heavy atom. The lowest BCUT2D eigenvalue weighted by atomic mass is 9.94. The number of para-hydroxylation sites is 2. The van der Waals surface area contributed by atoms with Gasteiger partial charge in [-0.3, -0.25) is 4.79 Å². The van der Waals surface area contributed by atoms with Crippen LogP contribution in [-0.4, -0.2) is 41.5 Å². The molecule has 0 saturated carbocycles. The Labute approximate surface area is 233 Å². The fourth-order valence-electron chi connectivity index (χ4n) is 4.82. The molecule has 40 heavy (non-hydrogen) atoms. The fourth-order valence-corrected chi connectivity index (χ4v) is 4.82. The Morgan fingerprint density at radius 1 is 0.950 bits per heavy atom. The summed E-state index contributed by atoms with van der Waals surface area (Å²) >= 11 is 0. The summed E-state index contributed by atoms with van der Waals surface area (Å²) in [6.45, 7) is 8.42. The van der Waals surface area contributed by atoms with Gasteiger partial charge in [0.2, 0.25) is 5.95 Å². The van der Waals surface area contributed by atoms with E-state index in [1.807, 2.05) is 50.2 Å². The number of hydrogen-bond acceptors (Lipinski definition) is 7. The molecule has 4 aromatic rings. The van der Waals surface area contributed by atoms with E-state index in [9.17, 15) is 4.79 Å². The van der Waals surface area contributed by atoms with E-state index in [1.54, 1.807) is 31.0 Å². The first-order chi connectivity index (χ1) is 19.3. The van der Waals surface area contributed by atoms with Gasteiger partial charge in [-0.15, -0.1) is 5.10 Å². The number of nitrogens with one attached hydrogen (secondary N) is 2. The van der Waals surface area contributed by atoms with Gasteiger partial charge in [-0.1, -0.05) is 30.3 Å². The van der Waals surface area contributed by atoms with Crippen LogP contribution in [0.25, 0.3) is 11.4 Å². The van der Waals surface area contributed by atoms with E-state index in [-0.39, 0.29) is 5.91 Å². The smallest absolute Gasteiger partial charge is 0.255 e. The zero-order valence-electron chi connectivity index (χ0n) is 23.5. The number of allylic oxidation sites excluding steroid dienone is 1. The van der Waals surface area contributed by atoms with Gasteiger partial charge in [-0.05, 0) is 74.7 Å². The first-order valence-electron chi connectivity index (χ1n) is 13.1. The van der Waals surface area contributed by atoms with Crippen LogP contribution in [0.5, 0.6) is 17.2 Å². The van der Waals surface area contributed by atoms with Crippen LogP contribution in [0, 0.1) is 13.8 Å². The first kappa shape index (κ1) is 26.8. The van der Waals surface area contributed by atoms with Crippen molar-refractivity contribution in [2.75, 3.05) is 31.5 Å². The van der Waals surface area contributed by atoms with Crippen molar-refractivity contribution >= 4 is 17.5 Å². The Balaban J connectivity index is 1.63. The lowest BCUT2D eigenvalue weighted by Crippen LogP contribution is -2.31. The van der Waals surface area contributed by atoms with Crippen molar-refractivity contribution in [3.05, 3.63) is 88.6 Å². The van der Waals surface area contributed by atoms with Crippen LogP contribution in [0.2, 0.25) is 0 Å². The number of anilines is 2. The molecule has 1 aliphatic rings. The van der Waals surface area contributed by atoms with Gasteiger partial charge in [0.15, 0.2) is 17.3 Å². The molecule has 3 aromatic carbocycles. The molecule has 206 valence electrons. The summed E-state index contributed by atoms with van der Waals surface area (Å²) in [5.74, 6) is 2.57. The molecule has 1 aromatic heterocycles. The quantitative estimate of drug-likeness (QED) is 0.287. The zero-order valence-corrected chi connectivity index (χ0v) is 23.5. The van der Waals surface area contributed by atoms with Gasteiger partial charge in [-0.25, -0.2) is 4.68 Å². The Morgan fingerprint density at radius 3 is 2.45 bits per heavy atom. The Kier molecular flexibility index (Phi) is 7.46. The van der Waals surface area contributed by atoms with E-state index >= 15 is 0 Å². The normalized spacial score (nSPS) is 14.3. The number of amides is 1. The molecule has 0 bridgehead atoms. The maximum absolute atomic E-state index is 13.9. The molecule has 5 rings (SSSR count). The highest BCUT2D eigenvalue weighted by molar-refractivity contribution is 6.06. The number of carbonyl (C=O) groups excluding carboxylic acids is 1. The minimum Gasteiger partial charge on any atom is -0.495 e. The highest BCUT2D eigenvalue weighted by atomic mass is 16.5. The highest BCUT2D eigenvalue weighted by Gasteiger charge is 2.35. The average Bonchev–Trinajstić information content (AvgIpc) is 3.38. The molecule has 1 unspecified atom stereocenters. The monoisotopic (exact) mass is 539 g/mol. The third kappa shape index (κ3) is 4.98. The molecule has 2 N–H and O–H groups in total. The predicted molar refractivity (Wildman–Crippen MR) is 155 cm³/mol. The zero-order chi connectivity index (χ0) is 28.4. The van der Waals surface area contributed by atoms with Crippen LogP contribution in [0.15, 0.2) is 71.9 Å². The maximum Gasteiger partial charge on any atom is 0.255 e. The number of fused-ring (bicyclic) bond motifs is 1. The lowest BCUT2D eigenvalue weighted by Gasteiger charge is -2.29. The maximum atomic E-state index is 13.9. The average molecular weight is 540 g/mol. The second-order valence-corrected chi connectivity index (χ2v) is 9.57. The van der Waals surface area contributed by atoms with Crippen molar-refractivity contribution in [2.24, 2.45) is 0 Å². The van der Waals surface area contributed by atoms with Crippen LogP contribution in [0.3, 0.4) is 0 Å². The molecule has 1 amide bonds. The van der Waals surface area contributed by atoms with Gasteiger partial charge < -0.3 is 24.8 Å². The van der Waals surface area contributed by atoms with E-state index in [0.29, 0.717) is 52.6 Å². The molecular weight excluding hydrogens is 506 g/mol. The summed E-state index contributed by atoms with van der Waals surface area (Å²) in [4.78, 5) is 18.8. The molecule has 0 fully saturated rings. The third-order valence-electron chi connectivity index (χ3n) is 7.02. The van der Waals surface area contributed by atoms with Gasteiger partial charge in [0.1, 0.15) is 11.8 Å². The number of nitrogens with zero attached hydrogens (tertiary/aromatic N) is 3. The van der Waals surface area contributed by atoms with Gasteiger partial charge in [-0.2, -0.15) is 4.98 Å². The molecule has 9 heteroatoms. The van der Waals surface area contributed by atoms with E-state index in [4.69, 9.17) is 24.3 Å². The summed E-state index contributed by atoms with van der Waals surface area (Å²) in [5.41, 5.74) is 5.75. The molecule has 1 atom stereocenters.